The van der Waals surface area contributed by atoms with E-state index in [0.717, 1.165) is 25.2 Å². The van der Waals surface area contributed by atoms with Gasteiger partial charge in [0.1, 0.15) is 0 Å². The molecule has 0 aliphatic carbocycles. The maximum absolute atomic E-state index is 12.8. The van der Waals surface area contributed by atoms with E-state index in [2.05, 4.69) is 30.6 Å². The fourth-order valence-electron chi connectivity index (χ4n) is 3.75. The zero-order valence-corrected chi connectivity index (χ0v) is 18.7. The number of amides is 1. The summed E-state index contributed by atoms with van der Waals surface area (Å²) in [6, 6.07) is 14.4. The molecule has 1 heterocycles. The van der Waals surface area contributed by atoms with Gasteiger partial charge in [0.15, 0.2) is 0 Å². The van der Waals surface area contributed by atoms with E-state index in [1.807, 2.05) is 36.4 Å². The van der Waals surface area contributed by atoms with E-state index in [1.54, 1.807) is 18.2 Å². The minimum atomic E-state index is -0.580. The average molecular weight is 435 g/mol. The van der Waals surface area contributed by atoms with Crippen LogP contribution < -0.4 is 16.4 Å². The second kappa shape index (κ2) is 10.7. The lowest BCUT2D eigenvalue weighted by molar-refractivity contribution is 0.0949. The number of benzene rings is 2. The molecule has 0 saturated heterocycles. The number of rotatable bonds is 10. The van der Waals surface area contributed by atoms with Gasteiger partial charge in [-0.1, -0.05) is 44.2 Å². The highest BCUT2D eigenvalue weighted by molar-refractivity contribution is 5.94. The molecule has 168 valence electrons. The number of para-hydroxylation sites is 2. The van der Waals surface area contributed by atoms with Crippen molar-refractivity contribution in [1.82, 2.24) is 19.4 Å². The average Bonchev–Trinajstić information content (AvgIpc) is 2.82. The molecular formula is C25H30N4O3. The van der Waals surface area contributed by atoms with Crippen molar-refractivity contribution < 1.29 is 4.79 Å². The lowest BCUT2D eigenvalue weighted by atomic mass is 10.1. The van der Waals surface area contributed by atoms with Gasteiger partial charge < -0.3 is 10.2 Å². The predicted octanol–water partition coefficient (Wildman–Crippen LogP) is 2.47. The Bertz CT molecular complexity index is 1200. The number of allylic oxidation sites excluding steroid dienone is 1. The van der Waals surface area contributed by atoms with Crippen LogP contribution in [0, 0.1) is 0 Å². The largest absolute Gasteiger partial charge is 0.351 e. The number of fused-ring (bicyclic) bond motifs is 1. The van der Waals surface area contributed by atoms with Crippen molar-refractivity contribution in [3.8, 4) is 0 Å². The molecule has 0 bridgehead atoms. The van der Waals surface area contributed by atoms with Gasteiger partial charge in [-0.15, -0.1) is 6.58 Å². The van der Waals surface area contributed by atoms with Gasteiger partial charge in [0.25, 0.3) is 5.91 Å². The molecule has 0 saturated carbocycles. The van der Waals surface area contributed by atoms with E-state index in [9.17, 15) is 14.4 Å². The molecule has 1 aromatic heterocycles. The maximum Gasteiger partial charge on any atom is 0.317 e. The SMILES string of the molecule is C=CCn1c(=O)c(=O)n(Cc2ccc(C(=O)NCCN(CC)CC)cc2)c2ccccc21. The minimum absolute atomic E-state index is 0.127. The highest BCUT2D eigenvalue weighted by atomic mass is 16.2. The first-order valence-electron chi connectivity index (χ1n) is 10.9. The van der Waals surface area contributed by atoms with Gasteiger partial charge in [-0.25, -0.2) is 0 Å². The van der Waals surface area contributed by atoms with Crippen LogP contribution in [0.25, 0.3) is 11.0 Å². The summed E-state index contributed by atoms with van der Waals surface area (Å²) in [5, 5.41) is 2.94. The molecule has 0 aliphatic heterocycles. The van der Waals surface area contributed by atoms with Crippen LogP contribution in [-0.4, -0.2) is 46.1 Å². The number of nitrogens with zero attached hydrogens (tertiary/aromatic N) is 3. The summed E-state index contributed by atoms with van der Waals surface area (Å²) < 4.78 is 2.92. The minimum Gasteiger partial charge on any atom is -0.351 e. The molecule has 2 aromatic carbocycles. The fraction of sp³-hybridized carbons (Fsp3) is 0.320. The molecule has 1 N–H and O–H groups in total. The maximum atomic E-state index is 12.8. The molecule has 7 nitrogen and oxygen atoms in total. The smallest absolute Gasteiger partial charge is 0.317 e. The summed E-state index contributed by atoms with van der Waals surface area (Å²) in [6.07, 6.45) is 1.60. The first kappa shape index (κ1) is 23.2. The van der Waals surface area contributed by atoms with Crippen LogP contribution in [0.5, 0.6) is 0 Å². The normalized spacial score (nSPS) is 11.1. The van der Waals surface area contributed by atoms with Crippen LogP contribution in [0.2, 0.25) is 0 Å². The zero-order valence-electron chi connectivity index (χ0n) is 18.7. The highest BCUT2D eigenvalue weighted by Crippen LogP contribution is 2.13. The van der Waals surface area contributed by atoms with Gasteiger partial charge in [0.2, 0.25) is 0 Å². The van der Waals surface area contributed by atoms with Gasteiger partial charge in [-0.2, -0.15) is 0 Å². The first-order valence-corrected chi connectivity index (χ1v) is 10.9. The molecule has 0 atom stereocenters. The molecule has 3 aromatic rings. The molecule has 7 heteroatoms. The summed E-state index contributed by atoms with van der Waals surface area (Å²) in [7, 11) is 0. The van der Waals surface area contributed by atoms with Crippen molar-refractivity contribution >= 4 is 16.9 Å². The number of hydrogen-bond donors (Lipinski definition) is 1. The Balaban J connectivity index is 1.80. The van der Waals surface area contributed by atoms with Crippen LogP contribution >= 0.6 is 0 Å². The highest BCUT2D eigenvalue weighted by Gasteiger charge is 2.13. The zero-order chi connectivity index (χ0) is 23.1. The van der Waals surface area contributed by atoms with E-state index in [4.69, 9.17) is 0 Å². The summed E-state index contributed by atoms with van der Waals surface area (Å²) in [5.74, 6) is -0.127. The number of carbonyl (C=O) groups excluding carboxylic acids is 1. The van der Waals surface area contributed by atoms with E-state index in [1.165, 1.54) is 9.13 Å². The van der Waals surface area contributed by atoms with Crippen LogP contribution in [-0.2, 0) is 13.1 Å². The molecule has 0 fully saturated rings. The second-order valence-corrected chi connectivity index (χ2v) is 7.56. The Hall–Kier alpha value is -3.45. The molecule has 0 aliphatic rings. The van der Waals surface area contributed by atoms with Gasteiger partial charge in [0.05, 0.1) is 17.6 Å². The molecule has 32 heavy (non-hydrogen) atoms. The number of nitrogens with one attached hydrogen (secondary N) is 1. The van der Waals surface area contributed by atoms with Gasteiger partial charge in [-0.05, 0) is 42.9 Å². The van der Waals surface area contributed by atoms with Crippen LogP contribution in [0.4, 0.5) is 0 Å². The molecular weight excluding hydrogens is 404 g/mol. The number of carbonyl (C=O) groups is 1. The fourth-order valence-corrected chi connectivity index (χ4v) is 3.75. The van der Waals surface area contributed by atoms with Gasteiger partial charge in [-0.3, -0.25) is 23.5 Å². The number of likely N-dealkylation sites (N-methyl/N-ethyl adjacent to an activating group) is 1. The van der Waals surface area contributed by atoms with Crippen molar-refractivity contribution in [2.45, 2.75) is 26.9 Å². The topological polar surface area (TPSA) is 76.3 Å². The molecule has 3 rings (SSSR count). The van der Waals surface area contributed by atoms with E-state index >= 15 is 0 Å². The van der Waals surface area contributed by atoms with E-state index in [0.29, 0.717) is 23.1 Å². The summed E-state index contributed by atoms with van der Waals surface area (Å²) >= 11 is 0. The Labute approximate surface area is 187 Å². The standard InChI is InChI=1S/C25H30N4O3/c1-4-16-28-21-9-7-8-10-22(21)29(25(32)24(28)31)18-19-11-13-20(14-12-19)23(30)26-15-17-27(5-2)6-3/h4,7-14H,1,5-6,15-18H2,2-3H3,(H,26,30). The van der Waals surface area contributed by atoms with Crippen molar-refractivity contribution in [2.75, 3.05) is 26.2 Å². The van der Waals surface area contributed by atoms with Crippen molar-refractivity contribution in [3.05, 3.63) is 93.0 Å². The van der Waals surface area contributed by atoms with E-state index in [-0.39, 0.29) is 19.0 Å². The van der Waals surface area contributed by atoms with Gasteiger partial charge in [0, 0.05) is 25.2 Å². The van der Waals surface area contributed by atoms with Crippen molar-refractivity contribution in [2.24, 2.45) is 0 Å². The third-order valence-electron chi connectivity index (χ3n) is 5.61. The third-order valence-corrected chi connectivity index (χ3v) is 5.61. The Morgan fingerprint density at radius 2 is 1.56 bits per heavy atom. The monoisotopic (exact) mass is 434 g/mol. The molecule has 0 radical (unpaired) electrons. The first-order chi connectivity index (χ1) is 15.5. The van der Waals surface area contributed by atoms with E-state index < -0.39 is 11.1 Å². The Morgan fingerprint density at radius 3 is 2.16 bits per heavy atom. The lowest BCUT2D eigenvalue weighted by Gasteiger charge is -2.18. The Kier molecular flexibility index (Phi) is 7.78. The van der Waals surface area contributed by atoms with Gasteiger partial charge >= 0.3 is 11.1 Å². The van der Waals surface area contributed by atoms with Crippen LogP contribution in [0.1, 0.15) is 29.8 Å². The summed E-state index contributed by atoms with van der Waals surface area (Å²) in [6.45, 7) is 11.7. The number of hydrogen-bond acceptors (Lipinski definition) is 4. The quantitative estimate of drug-likeness (QED) is 0.393. The van der Waals surface area contributed by atoms with Crippen molar-refractivity contribution in [3.63, 3.8) is 0 Å². The molecule has 1 amide bonds. The van der Waals surface area contributed by atoms with Crippen LogP contribution in [0.15, 0.2) is 70.8 Å². The summed E-state index contributed by atoms with van der Waals surface area (Å²) in [5.41, 5.74) is 1.60. The predicted molar refractivity (Wildman–Crippen MR) is 128 cm³/mol. The lowest BCUT2D eigenvalue weighted by Crippen LogP contribution is -2.41. The van der Waals surface area contributed by atoms with Crippen LogP contribution in [0.3, 0.4) is 0 Å². The van der Waals surface area contributed by atoms with Crippen molar-refractivity contribution in [1.29, 1.82) is 0 Å². The second-order valence-electron chi connectivity index (χ2n) is 7.56. The molecule has 0 spiro atoms. The third kappa shape index (κ3) is 5.06. The summed E-state index contributed by atoms with van der Waals surface area (Å²) in [4.78, 5) is 40.1. The Morgan fingerprint density at radius 1 is 0.969 bits per heavy atom. The molecule has 0 unspecified atom stereocenters. The number of aromatic nitrogens is 2.